The molecule has 1 aromatic heterocycles. The first-order valence-corrected chi connectivity index (χ1v) is 5.99. The second-order valence-corrected chi connectivity index (χ2v) is 4.50. The highest BCUT2D eigenvalue weighted by Gasteiger charge is 2.16. The monoisotopic (exact) mass is 212 g/mol. The highest BCUT2D eigenvalue weighted by atomic mass is 14.9. The number of hydrogen-bond donors (Lipinski definition) is 1. The summed E-state index contributed by atoms with van der Waals surface area (Å²) in [5, 5.41) is 5.98. The van der Waals surface area contributed by atoms with E-state index in [9.17, 15) is 0 Å². The van der Waals surface area contributed by atoms with Crippen molar-refractivity contribution in [1.29, 1.82) is 0 Å². The van der Waals surface area contributed by atoms with Gasteiger partial charge in [0.05, 0.1) is 0 Å². The number of fused-ring (bicyclic) bond motifs is 1. The fourth-order valence-electron chi connectivity index (χ4n) is 2.43. The minimum absolute atomic E-state index is 0.596. The Morgan fingerprint density at radius 1 is 1.19 bits per heavy atom. The van der Waals surface area contributed by atoms with Crippen LogP contribution in [0.4, 0.5) is 0 Å². The second kappa shape index (κ2) is 4.22. The summed E-state index contributed by atoms with van der Waals surface area (Å²) in [6.45, 7) is 2.23. The Labute approximate surface area is 95.7 Å². The molecule has 1 aliphatic heterocycles. The Balaban J connectivity index is 1.97. The van der Waals surface area contributed by atoms with Crippen LogP contribution in [-0.4, -0.2) is 18.1 Å². The normalized spacial score (nSPS) is 21.1. The van der Waals surface area contributed by atoms with Gasteiger partial charge in [0.2, 0.25) is 0 Å². The summed E-state index contributed by atoms with van der Waals surface area (Å²) in [6, 6.07) is 10.7. The van der Waals surface area contributed by atoms with E-state index in [2.05, 4.69) is 40.6 Å². The van der Waals surface area contributed by atoms with Gasteiger partial charge >= 0.3 is 0 Å². The van der Waals surface area contributed by atoms with Gasteiger partial charge in [0.15, 0.2) is 0 Å². The third-order valence-electron chi connectivity index (χ3n) is 3.37. The molecule has 1 unspecified atom stereocenters. The van der Waals surface area contributed by atoms with E-state index in [4.69, 9.17) is 0 Å². The van der Waals surface area contributed by atoms with Crippen molar-refractivity contribution in [3.8, 4) is 0 Å². The lowest BCUT2D eigenvalue weighted by atomic mass is 9.95. The van der Waals surface area contributed by atoms with E-state index in [1.165, 1.54) is 29.3 Å². The summed E-state index contributed by atoms with van der Waals surface area (Å²) in [5.41, 5.74) is 1.24. The predicted molar refractivity (Wildman–Crippen MR) is 66.6 cm³/mol. The van der Waals surface area contributed by atoms with Gasteiger partial charge in [-0.2, -0.15) is 0 Å². The quantitative estimate of drug-likeness (QED) is 0.786. The molecule has 2 heteroatoms. The summed E-state index contributed by atoms with van der Waals surface area (Å²) < 4.78 is 0. The van der Waals surface area contributed by atoms with Crippen LogP contribution < -0.4 is 5.32 Å². The predicted octanol–water partition coefficient (Wildman–Crippen LogP) is 2.70. The van der Waals surface area contributed by atoms with Crippen molar-refractivity contribution < 1.29 is 0 Å². The van der Waals surface area contributed by atoms with Crippen molar-refractivity contribution in [2.45, 2.75) is 18.8 Å². The molecule has 1 fully saturated rings. The van der Waals surface area contributed by atoms with Crippen molar-refractivity contribution in [2.75, 3.05) is 13.1 Å². The standard InChI is InChI=1S/C14H16N2/c1-2-5-12-10-16-14(8-11(12)4-1)13-6-3-7-15-9-13/h1-2,4-5,8,10,13,15H,3,6-7,9H2. The summed E-state index contributed by atoms with van der Waals surface area (Å²) in [7, 11) is 0. The molecule has 0 spiro atoms. The van der Waals surface area contributed by atoms with Gasteiger partial charge in [-0.25, -0.2) is 0 Å². The summed E-state index contributed by atoms with van der Waals surface area (Å²) in [4.78, 5) is 4.59. The van der Waals surface area contributed by atoms with Gasteiger partial charge in [-0.05, 0) is 30.8 Å². The molecule has 1 atom stereocenters. The Kier molecular flexibility index (Phi) is 2.58. The highest BCUT2D eigenvalue weighted by Crippen LogP contribution is 2.24. The molecule has 82 valence electrons. The molecule has 0 amide bonds. The number of hydrogen-bond acceptors (Lipinski definition) is 2. The van der Waals surface area contributed by atoms with E-state index < -0.39 is 0 Å². The average Bonchev–Trinajstić information content (AvgIpc) is 2.39. The molecule has 1 aromatic carbocycles. The molecule has 1 saturated heterocycles. The average molecular weight is 212 g/mol. The van der Waals surface area contributed by atoms with E-state index >= 15 is 0 Å². The third kappa shape index (κ3) is 1.81. The van der Waals surface area contributed by atoms with Crippen molar-refractivity contribution in [3.05, 3.63) is 42.2 Å². The zero-order valence-corrected chi connectivity index (χ0v) is 9.32. The van der Waals surface area contributed by atoms with Crippen LogP contribution in [0.15, 0.2) is 36.5 Å². The molecule has 16 heavy (non-hydrogen) atoms. The molecule has 1 N–H and O–H groups in total. The first-order valence-electron chi connectivity index (χ1n) is 5.99. The fourth-order valence-corrected chi connectivity index (χ4v) is 2.43. The van der Waals surface area contributed by atoms with Gasteiger partial charge in [-0.15, -0.1) is 0 Å². The maximum absolute atomic E-state index is 4.59. The van der Waals surface area contributed by atoms with Gasteiger partial charge in [0, 0.05) is 29.7 Å². The summed E-state index contributed by atoms with van der Waals surface area (Å²) >= 11 is 0. The van der Waals surface area contributed by atoms with Gasteiger partial charge in [-0.1, -0.05) is 24.3 Å². The molecule has 3 rings (SSSR count). The molecule has 2 heterocycles. The van der Waals surface area contributed by atoms with Crippen LogP contribution in [0.5, 0.6) is 0 Å². The number of nitrogens with zero attached hydrogens (tertiary/aromatic N) is 1. The van der Waals surface area contributed by atoms with E-state index in [0.29, 0.717) is 5.92 Å². The highest BCUT2D eigenvalue weighted by molar-refractivity contribution is 5.81. The molecule has 0 aliphatic carbocycles. The molecular weight excluding hydrogens is 196 g/mol. The van der Waals surface area contributed by atoms with Crippen LogP contribution in [0.3, 0.4) is 0 Å². The van der Waals surface area contributed by atoms with Crippen molar-refractivity contribution in [3.63, 3.8) is 0 Å². The van der Waals surface area contributed by atoms with Crippen LogP contribution in [0.25, 0.3) is 10.8 Å². The van der Waals surface area contributed by atoms with Crippen LogP contribution in [0, 0.1) is 0 Å². The Morgan fingerprint density at radius 2 is 2.06 bits per heavy atom. The van der Waals surface area contributed by atoms with Crippen molar-refractivity contribution in [2.24, 2.45) is 0 Å². The number of pyridine rings is 1. The molecular formula is C14H16N2. The zero-order chi connectivity index (χ0) is 10.8. The summed E-state index contributed by atoms with van der Waals surface area (Å²) in [5.74, 6) is 0.596. The van der Waals surface area contributed by atoms with Crippen molar-refractivity contribution >= 4 is 10.8 Å². The zero-order valence-electron chi connectivity index (χ0n) is 9.32. The third-order valence-corrected chi connectivity index (χ3v) is 3.37. The van der Waals surface area contributed by atoms with Crippen molar-refractivity contribution in [1.82, 2.24) is 10.3 Å². The molecule has 0 radical (unpaired) electrons. The lowest BCUT2D eigenvalue weighted by Gasteiger charge is -2.22. The maximum Gasteiger partial charge on any atom is 0.0453 e. The fraction of sp³-hybridized carbons (Fsp3) is 0.357. The lowest BCUT2D eigenvalue weighted by molar-refractivity contribution is 0.455. The Morgan fingerprint density at radius 3 is 2.88 bits per heavy atom. The second-order valence-electron chi connectivity index (χ2n) is 4.50. The van der Waals surface area contributed by atoms with Crippen LogP contribution in [0.2, 0.25) is 0 Å². The lowest BCUT2D eigenvalue weighted by Crippen LogP contribution is -2.28. The largest absolute Gasteiger partial charge is 0.316 e. The number of benzene rings is 1. The topological polar surface area (TPSA) is 24.9 Å². The van der Waals surface area contributed by atoms with Gasteiger partial charge in [0.1, 0.15) is 0 Å². The summed E-state index contributed by atoms with van der Waals surface area (Å²) in [6.07, 6.45) is 4.52. The van der Waals surface area contributed by atoms with Gasteiger partial charge < -0.3 is 5.32 Å². The molecule has 2 nitrogen and oxygen atoms in total. The van der Waals surface area contributed by atoms with E-state index in [1.54, 1.807) is 0 Å². The van der Waals surface area contributed by atoms with Crippen LogP contribution in [0.1, 0.15) is 24.5 Å². The van der Waals surface area contributed by atoms with Crippen LogP contribution in [-0.2, 0) is 0 Å². The number of aromatic nitrogens is 1. The smallest absolute Gasteiger partial charge is 0.0453 e. The molecule has 0 saturated carbocycles. The first-order chi connectivity index (χ1) is 7.93. The number of piperidine rings is 1. The van der Waals surface area contributed by atoms with Gasteiger partial charge in [-0.3, -0.25) is 4.98 Å². The Bertz CT molecular complexity index is 487. The maximum atomic E-state index is 4.59. The number of nitrogens with one attached hydrogen (secondary N) is 1. The molecule has 0 bridgehead atoms. The Hall–Kier alpha value is -1.41. The molecule has 1 aliphatic rings. The van der Waals surface area contributed by atoms with Gasteiger partial charge in [0.25, 0.3) is 0 Å². The first kappa shape index (κ1) is 9.79. The minimum Gasteiger partial charge on any atom is -0.316 e. The van der Waals surface area contributed by atoms with E-state index in [-0.39, 0.29) is 0 Å². The van der Waals surface area contributed by atoms with E-state index in [1.807, 2.05) is 6.20 Å². The van der Waals surface area contributed by atoms with E-state index in [0.717, 1.165) is 13.1 Å². The molecule has 2 aromatic rings. The SMILES string of the molecule is c1ccc2cc(C3CCCNC3)ncc2c1. The number of rotatable bonds is 1. The van der Waals surface area contributed by atoms with Crippen LogP contribution >= 0.6 is 0 Å². The minimum atomic E-state index is 0.596.